The van der Waals surface area contributed by atoms with Gasteiger partial charge in [-0.25, -0.2) is 0 Å². The van der Waals surface area contributed by atoms with Crippen LogP contribution in [0.3, 0.4) is 0 Å². The smallest absolute Gasteiger partial charge is 0.159 e. The maximum absolute atomic E-state index is 7.05. The number of benzene rings is 10. The highest BCUT2D eigenvalue weighted by molar-refractivity contribution is 6.15. The van der Waals surface area contributed by atoms with E-state index in [1.165, 1.54) is 22.3 Å². The number of furan rings is 1. The summed E-state index contributed by atoms with van der Waals surface area (Å²) in [6.07, 6.45) is 0. The number of hydrogen-bond acceptors (Lipinski definition) is 4. The van der Waals surface area contributed by atoms with Gasteiger partial charge in [-0.15, -0.1) is 0 Å². The van der Waals surface area contributed by atoms with Crippen LogP contribution in [0.1, 0.15) is 25.0 Å². The monoisotopic (exact) mass is 834 g/mol. The molecule has 0 unspecified atom stereocenters. The summed E-state index contributed by atoms with van der Waals surface area (Å²) in [5.41, 5.74) is 17.6. The second-order valence-corrected chi connectivity index (χ2v) is 17.6. The topological polar surface area (TPSA) is 28.9 Å². The van der Waals surface area contributed by atoms with Crippen molar-refractivity contribution in [2.24, 2.45) is 0 Å². The predicted molar refractivity (Wildman–Crippen MR) is 269 cm³/mol. The van der Waals surface area contributed by atoms with Crippen LogP contribution in [0.25, 0.3) is 66.1 Å². The van der Waals surface area contributed by atoms with E-state index in [1.54, 1.807) is 0 Å². The zero-order valence-corrected chi connectivity index (χ0v) is 36.0. The lowest BCUT2D eigenvalue weighted by molar-refractivity contribution is 0.487. The molecule has 0 bridgehead atoms. The van der Waals surface area contributed by atoms with Crippen molar-refractivity contribution in [3.05, 3.63) is 230 Å². The molecule has 1 aromatic heterocycles. The zero-order chi connectivity index (χ0) is 43.2. The first-order valence-electron chi connectivity index (χ1n) is 22.3. The minimum atomic E-state index is -0.123. The SMILES string of the molecule is CC1(C)c2ccccc2-c2ccc(N(c3ccccc3)c3ccc4c(c3)Oc3cccc5c(N(c6ccccc6-c6ccccc6)c6cccc7c6oc6ccccc67)ccc-4c35)cc21. The Balaban J connectivity index is 0.976. The van der Waals surface area contributed by atoms with E-state index in [9.17, 15) is 0 Å². The van der Waals surface area contributed by atoms with E-state index in [4.69, 9.17) is 9.15 Å². The molecular formula is C61H42N2O2. The summed E-state index contributed by atoms with van der Waals surface area (Å²) >= 11 is 0. The van der Waals surface area contributed by atoms with E-state index < -0.39 is 0 Å². The van der Waals surface area contributed by atoms with Crippen LogP contribution in [0.5, 0.6) is 11.5 Å². The van der Waals surface area contributed by atoms with Crippen molar-refractivity contribution in [3.63, 3.8) is 0 Å². The number of anilines is 6. The van der Waals surface area contributed by atoms with Crippen molar-refractivity contribution in [1.82, 2.24) is 0 Å². The maximum Gasteiger partial charge on any atom is 0.159 e. The third-order valence-corrected chi connectivity index (χ3v) is 13.6. The third kappa shape index (κ3) is 5.70. The molecule has 2 aliphatic rings. The van der Waals surface area contributed by atoms with Crippen molar-refractivity contribution in [1.29, 1.82) is 0 Å². The summed E-state index contributed by atoms with van der Waals surface area (Å²) < 4.78 is 13.8. The number of para-hydroxylation sites is 4. The Bertz CT molecular complexity index is 3680. The van der Waals surface area contributed by atoms with Gasteiger partial charge in [0.05, 0.1) is 17.1 Å². The van der Waals surface area contributed by atoms with Gasteiger partial charge in [0.2, 0.25) is 0 Å². The second kappa shape index (κ2) is 14.3. The number of fused-ring (bicyclic) bond motifs is 8. The molecule has 65 heavy (non-hydrogen) atoms. The largest absolute Gasteiger partial charge is 0.456 e. The first-order valence-corrected chi connectivity index (χ1v) is 22.3. The van der Waals surface area contributed by atoms with Gasteiger partial charge in [-0.2, -0.15) is 0 Å². The summed E-state index contributed by atoms with van der Waals surface area (Å²) in [5, 5.41) is 4.33. The molecule has 13 rings (SSSR count). The van der Waals surface area contributed by atoms with Gasteiger partial charge in [-0.1, -0.05) is 159 Å². The Morgan fingerprint density at radius 1 is 0.369 bits per heavy atom. The van der Waals surface area contributed by atoms with Gasteiger partial charge in [0, 0.05) is 61.2 Å². The summed E-state index contributed by atoms with van der Waals surface area (Å²) in [6.45, 7) is 4.68. The van der Waals surface area contributed by atoms with Crippen LogP contribution in [-0.4, -0.2) is 0 Å². The average molecular weight is 835 g/mol. The van der Waals surface area contributed by atoms with Crippen LogP contribution in [0, 0.1) is 0 Å². The average Bonchev–Trinajstić information content (AvgIpc) is 3.85. The van der Waals surface area contributed by atoms with E-state index in [-0.39, 0.29) is 5.41 Å². The van der Waals surface area contributed by atoms with E-state index in [0.29, 0.717) is 0 Å². The van der Waals surface area contributed by atoms with Gasteiger partial charge in [-0.05, 0) is 100 Å². The number of nitrogens with zero attached hydrogens (tertiary/aromatic N) is 2. The standard InChI is InChI=1S/C61H42N2O2/c1-61(2)51-26-12-9-22-44(51)45-33-31-41(37-52(45)61)62(40-19-7-4-8-20-40)42-32-34-47-48-35-36-54(50-25-16-30-57(59(48)50)64-58(47)38-42)63(53-27-13-10-21-43(53)39-17-5-3-6-18-39)55-28-15-24-49-46-23-11-14-29-56(46)65-60(49)55/h3-38H,1-2H3. The Morgan fingerprint density at radius 3 is 1.86 bits per heavy atom. The van der Waals surface area contributed by atoms with Crippen LogP contribution in [0.4, 0.5) is 34.1 Å². The van der Waals surface area contributed by atoms with Crippen LogP contribution in [0.15, 0.2) is 223 Å². The molecule has 0 radical (unpaired) electrons. The molecule has 4 heteroatoms. The second-order valence-electron chi connectivity index (χ2n) is 17.6. The van der Waals surface area contributed by atoms with Crippen LogP contribution in [0.2, 0.25) is 0 Å². The molecule has 308 valence electrons. The van der Waals surface area contributed by atoms with Gasteiger partial charge in [0.1, 0.15) is 17.1 Å². The van der Waals surface area contributed by atoms with Gasteiger partial charge >= 0.3 is 0 Å². The lowest BCUT2D eigenvalue weighted by Crippen LogP contribution is -2.16. The van der Waals surface area contributed by atoms with Gasteiger partial charge in [0.25, 0.3) is 0 Å². The Kier molecular flexibility index (Phi) is 8.22. The quantitative estimate of drug-likeness (QED) is 0.160. The molecule has 0 spiro atoms. The molecule has 0 amide bonds. The lowest BCUT2D eigenvalue weighted by Gasteiger charge is -2.31. The third-order valence-electron chi connectivity index (χ3n) is 13.6. The van der Waals surface area contributed by atoms with Crippen molar-refractivity contribution in [2.45, 2.75) is 19.3 Å². The molecule has 0 saturated heterocycles. The number of hydrogen-bond donors (Lipinski definition) is 0. The molecule has 10 aromatic carbocycles. The van der Waals surface area contributed by atoms with Crippen molar-refractivity contribution < 1.29 is 9.15 Å². The van der Waals surface area contributed by atoms with Crippen molar-refractivity contribution >= 4 is 66.8 Å². The van der Waals surface area contributed by atoms with Crippen molar-refractivity contribution in [3.8, 4) is 44.9 Å². The fourth-order valence-electron chi connectivity index (χ4n) is 10.6. The van der Waals surface area contributed by atoms with E-state index in [2.05, 4.69) is 236 Å². The molecular weight excluding hydrogens is 793 g/mol. The van der Waals surface area contributed by atoms with Crippen LogP contribution >= 0.6 is 0 Å². The molecule has 11 aromatic rings. The van der Waals surface area contributed by atoms with Gasteiger partial charge in [0.15, 0.2) is 5.58 Å². The van der Waals surface area contributed by atoms with E-state index in [0.717, 1.165) is 101 Å². The molecule has 0 saturated carbocycles. The van der Waals surface area contributed by atoms with E-state index in [1.807, 2.05) is 6.07 Å². The first-order chi connectivity index (χ1) is 32.0. The molecule has 0 atom stereocenters. The fraction of sp³-hybridized carbons (Fsp3) is 0.0492. The molecule has 1 aliphatic carbocycles. The van der Waals surface area contributed by atoms with Crippen LogP contribution in [-0.2, 0) is 5.41 Å². The summed E-state index contributed by atoms with van der Waals surface area (Å²) in [5.74, 6) is 1.65. The highest BCUT2D eigenvalue weighted by atomic mass is 16.5. The molecule has 0 N–H and O–H groups in total. The molecule has 4 nitrogen and oxygen atoms in total. The summed E-state index contributed by atoms with van der Waals surface area (Å²) in [6, 6.07) is 78.1. The molecule has 2 heterocycles. The summed E-state index contributed by atoms with van der Waals surface area (Å²) in [4.78, 5) is 4.73. The molecule has 0 fully saturated rings. The molecule has 1 aliphatic heterocycles. The predicted octanol–water partition coefficient (Wildman–Crippen LogP) is 17.4. The fourth-order valence-corrected chi connectivity index (χ4v) is 10.6. The van der Waals surface area contributed by atoms with Gasteiger partial charge in [-0.3, -0.25) is 0 Å². The first kappa shape index (κ1) is 37.2. The van der Waals surface area contributed by atoms with Crippen LogP contribution < -0.4 is 14.5 Å². The number of ether oxygens (including phenoxy) is 1. The van der Waals surface area contributed by atoms with Crippen molar-refractivity contribution in [2.75, 3.05) is 9.80 Å². The highest BCUT2D eigenvalue weighted by Crippen LogP contribution is 2.55. The summed E-state index contributed by atoms with van der Waals surface area (Å²) in [7, 11) is 0. The lowest BCUT2D eigenvalue weighted by atomic mass is 9.82. The number of rotatable bonds is 7. The minimum absolute atomic E-state index is 0.123. The van der Waals surface area contributed by atoms with E-state index >= 15 is 0 Å². The normalized spacial score (nSPS) is 13.0. The Labute approximate surface area is 377 Å². The minimum Gasteiger partial charge on any atom is -0.456 e. The Morgan fingerprint density at radius 2 is 1.00 bits per heavy atom. The zero-order valence-electron chi connectivity index (χ0n) is 36.0. The highest BCUT2D eigenvalue weighted by Gasteiger charge is 2.36. The van der Waals surface area contributed by atoms with Gasteiger partial charge < -0.3 is 19.0 Å². The maximum atomic E-state index is 7.05. The Hall–Kier alpha value is -8.34.